The first-order chi connectivity index (χ1) is 8.27. The van der Waals surface area contributed by atoms with Crippen molar-refractivity contribution in [1.82, 2.24) is 0 Å². The van der Waals surface area contributed by atoms with E-state index in [1.807, 2.05) is 18.2 Å². The molecule has 0 aromatic heterocycles. The molecule has 0 bridgehead atoms. The van der Waals surface area contributed by atoms with Crippen LogP contribution >= 0.6 is 11.6 Å². The van der Waals surface area contributed by atoms with Crippen LogP contribution in [-0.2, 0) is 4.74 Å². The van der Waals surface area contributed by atoms with Gasteiger partial charge in [0.2, 0.25) is 0 Å². The summed E-state index contributed by atoms with van der Waals surface area (Å²) in [5.41, 5.74) is 0.902. The van der Waals surface area contributed by atoms with Crippen LogP contribution in [-0.4, -0.2) is 26.9 Å². The second-order valence-electron chi connectivity index (χ2n) is 3.74. The van der Waals surface area contributed by atoms with Gasteiger partial charge in [-0.3, -0.25) is 0 Å². The summed E-state index contributed by atoms with van der Waals surface area (Å²) in [7, 11) is 1.65. The molecule has 0 aliphatic heterocycles. The molecule has 3 nitrogen and oxygen atoms in total. The number of benzene rings is 1. The molecule has 1 aromatic rings. The lowest BCUT2D eigenvalue weighted by molar-refractivity contribution is 0.141. The zero-order valence-electron chi connectivity index (χ0n) is 10.5. The van der Waals surface area contributed by atoms with Crippen LogP contribution in [0.3, 0.4) is 0 Å². The Morgan fingerprint density at radius 1 is 1.29 bits per heavy atom. The van der Waals surface area contributed by atoms with Gasteiger partial charge in [0.05, 0.1) is 19.4 Å². The van der Waals surface area contributed by atoms with Crippen LogP contribution in [0, 0.1) is 0 Å². The lowest BCUT2D eigenvalue weighted by Gasteiger charge is -2.11. The molecule has 0 heterocycles. The van der Waals surface area contributed by atoms with Gasteiger partial charge in [0.25, 0.3) is 0 Å². The Balaban J connectivity index is 2.32. The number of hydrogen-bond acceptors (Lipinski definition) is 3. The first-order valence-electron chi connectivity index (χ1n) is 5.93. The zero-order valence-corrected chi connectivity index (χ0v) is 11.2. The van der Waals surface area contributed by atoms with E-state index in [9.17, 15) is 0 Å². The number of halogens is 1. The quantitative estimate of drug-likeness (QED) is 0.722. The Morgan fingerprint density at radius 3 is 2.82 bits per heavy atom. The molecule has 0 amide bonds. The van der Waals surface area contributed by atoms with Gasteiger partial charge in [-0.1, -0.05) is 24.9 Å². The monoisotopic (exact) mass is 257 g/mol. The van der Waals surface area contributed by atoms with E-state index in [2.05, 4.69) is 12.2 Å². The minimum Gasteiger partial charge on any atom is -0.495 e. The Labute approximate surface area is 108 Å². The standard InChI is InChI=1S/C13H20ClNO2/c1-3-4-8-17-9-7-15-12-10-11(14)5-6-13(12)16-2/h5-6,10,15H,3-4,7-9H2,1-2H3. The van der Waals surface area contributed by atoms with E-state index < -0.39 is 0 Å². The van der Waals surface area contributed by atoms with Gasteiger partial charge in [0.1, 0.15) is 5.75 Å². The average Bonchev–Trinajstić information content (AvgIpc) is 2.34. The number of rotatable bonds is 8. The van der Waals surface area contributed by atoms with E-state index in [1.165, 1.54) is 0 Å². The zero-order chi connectivity index (χ0) is 12.5. The summed E-state index contributed by atoms with van der Waals surface area (Å²) in [6.45, 7) is 4.42. The van der Waals surface area contributed by atoms with Crippen molar-refractivity contribution in [3.8, 4) is 5.75 Å². The van der Waals surface area contributed by atoms with Gasteiger partial charge in [0, 0.05) is 18.2 Å². The second-order valence-corrected chi connectivity index (χ2v) is 4.17. The fourth-order valence-electron chi connectivity index (χ4n) is 1.42. The topological polar surface area (TPSA) is 30.5 Å². The van der Waals surface area contributed by atoms with Crippen molar-refractivity contribution in [3.63, 3.8) is 0 Å². The van der Waals surface area contributed by atoms with E-state index >= 15 is 0 Å². The molecule has 4 heteroatoms. The molecule has 96 valence electrons. The summed E-state index contributed by atoms with van der Waals surface area (Å²) in [5.74, 6) is 0.794. The van der Waals surface area contributed by atoms with Crippen LogP contribution in [0.4, 0.5) is 5.69 Å². The van der Waals surface area contributed by atoms with Gasteiger partial charge in [-0.15, -0.1) is 0 Å². The summed E-state index contributed by atoms with van der Waals surface area (Å²) >= 11 is 5.93. The molecule has 0 radical (unpaired) electrons. The molecule has 0 fully saturated rings. The molecule has 1 N–H and O–H groups in total. The van der Waals surface area contributed by atoms with Crippen molar-refractivity contribution >= 4 is 17.3 Å². The SMILES string of the molecule is CCCCOCCNc1cc(Cl)ccc1OC. The van der Waals surface area contributed by atoms with E-state index in [0.29, 0.717) is 11.6 Å². The number of methoxy groups -OCH3 is 1. The van der Waals surface area contributed by atoms with Crippen LogP contribution < -0.4 is 10.1 Å². The molecule has 0 saturated heterocycles. The molecule has 0 unspecified atom stereocenters. The maximum atomic E-state index is 5.93. The fraction of sp³-hybridized carbons (Fsp3) is 0.538. The lowest BCUT2D eigenvalue weighted by atomic mass is 10.3. The first-order valence-corrected chi connectivity index (χ1v) is 6.31. The third kappa shape index (κ3) is 5.29. The molecule has 0 aliphatic rings. The Hall–Kier alpha value is -0.930. The highest BCUT2D eigenvalue weighted by atomic mass is 35.5. The van der Waals surface area contributed by atoms with Crippen molar-refractivity contribution < 1.29 is 9.47 Å². The third-order valence-electron chi connectivity index (χ3n) is 2.37. The number of ether oxygens (including phenoxy) is 2. The minimum atomic E-state index is 0.690. The first kappa shape index (κ1) is 14.1. The maximum Gasteiger partial charge on any atom is 0.142 e. The maximum absolute atomic E-state index is 5.93. The summed E-state index contributed by atoms with van der Waals surface area (Å²) in [6.07, 6.45) is 2.27. The van der Waals surface area contributed by atoms with E-state index in [-0.39, 0.29) is 0 Å². The minimum absolute atomic E-state index is 0.690. The molecule has 17 heavy (non-hydrogen) atoms. The van der Waals surface area contributed by atoms with Gasteiger partial charge in [-0.05, 0) is 24.6 Å². The van der Waals surface area contributed by atoms with E-state index in [1.54, 1.807) is 7.11 Å². The van der Waals surface area contributed by atoms with Crippen molar-refractivity contribution in [3.05, 3.63) is 23.2 Å². The highest BCUT2D eigenvalue weighted by Gasteiger charge is 2.02. The molecule has 0 atom stereocenters. The summed E-state index contributed by atoms with van der Waals surface area (Å²) < 4.78 is 10.7. The van der Waals surface area contributed by atoms with Gasteiger partial charge < -0.3 is 14.8 Å². The lowest BCUT2D eigenvalue weighted by Crippen LogP contribution is -2.10. The van der Waals surface area contributed by atoms with Gasteiger partial charge in [-0.25, -0.2) is 0 Å². The molecular weight excluding hydrogens is 238 g/mol. The summed E-state index contributed by atoms with van der Waals surface area (Å²) in [5, 5.41) is 3.94. The average molecular weight is 258 g/mol. The molecular formula is C13H20ClNO2. The predicted octanol–water partition coefficient (Wildman–Crippen LogP) is 3.58. The Morgan fingerprint density at radius 2 is 2.12 bits per heavy atom. The molecule has 0 spiro atoms. The number of hydrogen-bond donors (Lipinski definition) is 1. The van der Waals surface area contributed by atoms with Crippen LogP contribution in [0.25, 0.3) is 0 Å². The molecule has 0 aliphatic carbocycles. The van der Waals surface area contributed by atoms with Crippen molar-refractivity contribution in [2.24, 2.45) is 0 Å². The largest absolute Gasteiger partial charge is 0.495 e. The van der Waals surface area contributed by atoms with Gasteiger partial charge >= 0.3 is 0 Å². The Kier molecular flexibility index (Phi) is 6.82. The van der Waals surface area contributed by atoms with Gasteiger partial charge in [-0.2, -0.15) is 0 Å². The second kappa shape index (κ2) is 8.20. The highest BCUT2D eigenvalue weighted by Crippen LogP contribution is 2.27. The van der Waals surface area contributed by atoms with E-state index in [0.717, 1.165) is 37.4 Å². The highest BCUT2D eigenvalue weighted by molar-refractivity contribution is 6.30. The summed E-state index contributed by atoms with van der Waals surface area (Å²) in [6, 6.07) is 5.51. The van der Waals surface area contributed by atoms with Crippen molar-refractivity contribution in [1.29, 1.82) is 0 Å². The smallest absolute Gasteiger partial charge is 0.142 e. The molecule has 1 aromatic carbocycles. The normalized spacial score (nSPS) is 10.3. The number of anilines is 1. The van der Waals surface area contributed by atoms with Crippen molar-refractivity contribution in [2.75, 3.05) is 32.2 Å². The van der Waals surface area contributed by atoms with Crippen molar-refractivity contribution in [2.45, 2.75) is 19.8 Å². The third-order valence-corrected chi connectivity index (χ3v) is 2.60. The summed E-state index contributed by atoms with van der Waals surface area (Å²) in [4.78, 5) is 0. The fourth-order valence-corrected chi connectivity index (χ4v) is 1.60. The van der Waals surface area contributed by atoms with Crippen LogP contribution in [0.1, 0.15) is 19.8 Å². The van der Waals surface area contributed by atoms with Crippen LogP contribution in [0.15, 0.2) is 18.2 Å². The van der Waals surface area contributed by atoms with Crippen LogP contribution in [0.5, 0.6) is 5.75 Å². The van der Waals surface area contributed by atoms with E-state index in [4.69, 9.17) is 21.1 Å². The number of unbranched alkanes of at least 4 members (excludes halogenated alkanes) is 1. The molecule has 1 rings (SSSR count). The predicted molar refractivity (Wildman–Crippen MR) is 72.2 cm³/mol. The van der Waals surface area contributed by atoms with Crippen LogP contribution in [0.2, 0.25) is 5.02 Å². The van der Waals surface area contributed by atoms with Gasteiger partial charge in [0.15, 0.2) is 0 Å². The Bertz CT molecular complexity index is 331. The molecule has 0 saturated carbocycles. The number of nitrogens with one attached hydrogen (secondary N) is 1.